The van der Waals surface area contributed by atoms with Crippen molar-refractivity contribution >= 4 is 11.5 Å². The third kappa shape index (κ3) is 2.52. The van der Waals surface area contributed by atoms with Crippen molar-refractivity contribution in [3.05, 3.63) is 45.8 Å². The summed E-state index contributed by atoms with van der Waals surface area (Å²) in [5.41, 5.74) is 2.97. The molecule has 6 heteroatoms. The van der Waals surface area contributed by atoms with E-state index < -0.39 is 4.92 Å². The molecule has 0 spiro atoms. The molecule has 0 atom stereocenters. The van der Waals surface area contributed by atoms with Gasteiger partial charge in [0.05, 0.1) is 16.3 Å². The number of rotatable bonds is 3. The van der Waals surface area contributed by atoms with Gasteiger partial charge in [-0.05, 0) is 13.8 Å². The first-order valence-electron chi connectivity index (χ1n) is 5.80. The summed E-state index contributed by atoms with van der Waals surface area (Å²) in [5.74, 6) is 0.614. The Kier molecular flexibility index (Phi) is 3.41. The zero-order valence-corrected chi connectivity index (χ0v) is 11.0. The van der Waals surface area contributed by atoms with Gasteiger partial charge >= 0.3 is 0 Å². The molecule has 0 radical (unpaired) electrons. The van der Waals surface area contributed by atoms with E-state index in [4.69, 9.17) is 0 Å². The molecule has 0 amide bonds. The lowest BCUT2D eigenvalue weighted by molar-refractivity contribution is -0.384. The molecule has 2 aromatic rings. The van der Waals surface area contributed by atoms with Crippen LogP contribution in [0, 0.1) is 24.0 Å². The molecule has 2 rings (SSSR count). The third-order valence-corrected chi connectivity index (χ3v) is 2.87. The number of nitrogens with one attached hydrogen (secondary N) is 1. The second-order valence-corrected chi connectivity index (χ2v) is 4.15. The van der Waals surface area contributed by atoms with Crippen LogP contribution in [0.2, 0.25) is 0 Å². The minimum atomic E-state index is -0.420. The van der Waals surface area contributed by atoms with Crippen molar-refractivity contribution in [2.24, 2.45) is 0 Å². The smallest absolute Gasteiger partial charge is 0.270 e. The first kappa shape index (κ1) is 12.9. The Hall–Kier alpha value is -2.50. The van der Waals surface area contributed by atoms with Crippen molar-refractivity contribution in [3.8, 4) is 11.3 Å². The maximum absolute atomic E-state index is 10.8. The lowest BCUT2D eigenvalue weighted by Crippen LogP contribution is -2.03. The standard InChI is InChI=1S/C13H14N4O2/c1-8-9(2)16-13(14-3)12(15-8)10-5-4-6-11(7-10)17(18)19/h4-7H,1-3H3,(H,14,16). The molecule has 0 saturated carbocycles. The lowest BCUT2D eigenvalue weighted by Gasteiger charge is -2.10. The van der Waals surface area contributed by atoms with E-state index in [1.165, 1.54) is 12.1 Å². The fourth-order valence-electron chi connectivity index (χ4n) is 1.75. The van der Waals surface area contributed by atoms with Gasteiger partial charge in [-0.3, -0.25) is 10.1 Å². The van der Waals surface area contributed by atoms with Crippen LogP contribution in [-0.4, -0.2) is 21.9 Å². The Morgan fingerprint density at radius 2 is 1.89 bits per heavy atom. The van der Waals surface area contributed by atoms with Crippen molar-refractivity contribution in [3.63, 3.8) is 0 Å². The highest BCUT2D eigenvalue weighted by atomic mass is 16.6. The average Bonchev–Trinajstić information content (AvgIpc) is 2.41. The molecule has 0 unspecified atom stereocenters. The quantitative estimate of drug-likeness (QED) is 0.676. The zero-order chi connectivity index (χ0) is 14.0. The van der Waals surface area contributed by atoms with E-state index in [2.05, 4.69) is 15.3 Å². The molecule has 1 aromatic heterocycles. The molecule has 0 aliphatic carbocycles. The molecule has 0 aliphatic heterocycles. The van der Waals surface area contributed by atoms with E-state index in [9.17, 15) is 10.1 Å². The highest BCUT2D eigenvalue weighted by Gasteiger charge is 2.13. The number of non-ortho nitro benzene ring substituents is 1. The van der Waals surface area contributed by atoms with Gasteiger partial charge in [-0.1, -0.05) is 12.1 Å². The Morgan fingerprint density at radius 3 is 2.53 bits per heavy atom. The molecule has 0 aliphatic rings. The number of hydrogen-bond donors (Lipinski definition) is 1. The number of nitro groups is 1. The summed E-state index contributed by atoms with van der Waals surface area (Å²) >= 11 is 0. The highest BCUT2D eigenvalue weighted by molar-refractivity contribution is 5.73. The zero-order valence-electron chi connectivity index (χ0n) is 11.0. The summed E-state index contributed by atoms with van der Waals surface area (Å²) in [6, 6.07) is 6.38. The predicted molar refractivity (Wildman–Crippen MR) is 73.1 cm³/mol. The van der Waals surface area contributed by atoms with Crippen LogP contribution >= 0.6 is 0 Å². The number of benzene rings is 1. The fourth-order valence-corrected chi connectivity index (χ4v) is 1.75. The summed E-state index contributed by atoms with van der Waals surface area (Å²) in [6.07, 6.45) is 0. The van der Waals surface area contributed by atoms with Gasteiger partial charge in [-0.15, -0.1) is 0 Å². The number of hydrogen-bond acceptors (Lipinski definition) is 5. The largest absolute Gasteiger partial charge is 0.371 e. The molecular formula is C13H14N4O2. The first-order valence-corrected chi connectivity index (χ1v) is 5.80. The van der Waals surface area contributed by atoms with Gasteiger partial charge in [0, 0.05) is 24.7 Å². The van der Waals surface area contributed by atoms with Crippen LogP contribution in [-0.2, 0) is 0 Å². The number of aryl methyl sites for hydroxylation is 2. The van der Waals surface area contributed by atoms with Crippen LogP contribution in [0.15, 0.2) is 24.3 Å². The van der Waals surface area contributed by atoms with Crippen LogP contribution < -0.4 is 5.32 Å². The van der Waals surface area contributed by atoms with E-state index in [0.29, 0.717) is 17.1 Å². The summed E-state index contributed by atoms with van der Waals surface area (Å²) in [6.45, 7) is 3.74. The van der Waals surface area contributed by atoms with Crippen LogP contribution in [0.1, 0.15) is 11.4 Å². The molecule has 98 valence electrons. The number of aromatic nitrogens is 2. The van der Waals surface area contributed by atoms with E-state index in [0.717, 1.165) is 11.4 Å². The van der Waals surface area contributed by atoms with Gasteiger partial charge in [-0.2, -0.15) is 0 Å². The number of nitrogens with zero attached hydrogens (tertiary/aromatic N) is 3. The minimum Gasteiger partial charge on any atom is -0.371 e. The van der Waals surface area contributed by atoms with Gasteiger partial charge in [0.15, 0.2) is 5.82 Å². The van der Waals surface area contributed by atoms with Crippen molar-refractivity contribution < 1.29 is 4.92 Å². The Balaban J connectivity index is 2.61. The van der Waals surface area contributed by atoms with E-state index in [1.54, 1.807) is 19.2 Å². The number of nitro benzene ring substituents is 1. The molecule has 1 N–H and O–H groups in total. The van der Waals surface area contributed by atoms with Crippen molar-refractivity contribution in [1.29, 1.82) is 0 Å². The Morgan fingerprint density at radius 1 is 1.21 bits per heavy atom. The maximum Gasteiger partial charge on any atom is 0.270 e. The van der Waals surface area contributed by atoms with Crippen LogP contribution in [0.4, 0.5) is 11.5 Å². The summed E-state index contributed by atoms with van der Waals surface area (Å²) < 4.78 is 0. The topological polar surface area (TPSA) is 81.0 Å². The van der Waals surface area contributed by atoms with E-state index in [-0.39, 0.29) is 5.69 Å². The SMILES string of the molecule is CNc1nc(C)c(C)nc1-c1cccc([N+](=O)[O-])c1. The van der Waals surface area contributed by atoms with Crippen LogP contribution in [0.25, 0.3) is 11.3 Å². The summed E-state index contributed by atoms with van der Waals surface area (Å²) in [7, 11) is 1.75. The second kappa shape index (κ2) is 5.01. The van der Waals surface area contributed by atoms with Crippen molar-refractivity contribution in [1.82, 2.24) is 9.97 Å². The molecular weight excluding hydrogens is 244 g/mol. The average molecular weight is 258 g/mol. The van der Waals surface area contributed by atoms with Crippen LogP contribution in [0.5, 0.6) is 0 Å². The van der Waals surface area contributed by atoms with Gasteiger partial charge < -0.3 is 5.32 Å². The normalized spacial score (nSPS) is 10.3. The van der Waals surface area contributed by atoms with E-state index >= 15 is 0 Å². The second-order valence-electron chi connectivity index (χ2n) is 4.15. The van der Waals surface area contributed by atoms with E-state index in [1.807, 2.05) is 13.8 Å². The molecule has 0 saturated heterocycles. The predicted octanol–water partition coefficient (Wildman–Crippen LogP) is 2.71. The van der Waals surface area contributed by atoms with Crippen LogP contribution in [0.3, 0.4) is 0 Å². The lowest BCUT2D eigenvalue weighted by atomic mass is 10.1. The van der Waals surface area contributed by atoms with Gasteiger partial charge in [-0.25, -0.2) is 9.97 Å². The molecule has 0 bridgehead atoms. The van der Waals surface area contributed by atoms with Gasteiger partial charge in [0.2, 0.25) is 0 Å². The van der Waals surface area contributed by atoms with Crippen molar-refractivity contribution in [2.45, 2.75) is 13.8 Å². The molecule has 6 nitrogen and oxygen atoms in total. The Bertz CT molecular complexity index is 641. The fraction of sp³-hybridized carbons (Fsp3) is 0.231. The van der Waals surface area contributed by atoms with Crippen molar-refractivity contribution in [2.75, 3.05) is 12.4 Å². The maximum atomic E-state index is 10.8. The molecule has 1 heterocycles. The first-order chi connectivity index (χ1) is 9.02. The minimum absolute atomic E-state index is 0.0413. The summed E-state index contributed by atoms with van der Waals surface area (Å²) in [5, 5.41) is 13.8. The number of anilines is 1. The van der Waals surface area contributed by atoms with Gasteiger partial charge in [0.1, 0.15) is 5.69 Å². The Labute approximate surface area is 110 Å². The highest BCUT2D eigenvalue weighted by Crippen LogP contribution is 2.27. The molecule has 0 fully saturated rings. The monoisotopic (exact) mass is 258 g/mol. The third-order valence-electron chi connectivity index (χ3n) is 2.87. The van der Waals surface area contributed by atoms with Gasteiger partial charge in [0.25, 0.3) is 5.69 Å². The summed E-state index contributed by atoms with van der Waals surface area (Å²) in [4.78, 5) is 19.3. The molecule has 19 heavy (non-hydrogen) atoms. The molecule has 1 aromatic carbocycles.